The first-order valence-electron chi connectivity index (χ1n) is 14.5. The molecule has 0 spiro atoms. The third-order valence-corrected chi connectivity index (χ3v) is 8.33. The SMILES string of the molecule is Cc1ccc(CCN(C)C(=O)c2cccc(N3C(=O)CC4CC3(C)Oc3c(OCc5ccccc5)cccc34)c2)cc1. The van der Waals surface area contributed by atoms with Gasteiger partial charge in [-0.25, -0.2) is 0 Å². The van der Waals surface area contributed by atoms with Gasteiger partial charge in [0.15, 0.2) is 17.2 Å². The van der Waals surface area contributed by atoms with Crippen LogP contribution in [0.4, 0.5) is 5.69 Å². The average Bonchev–Trinajstić information content (AvgIpc) is 2.99. The topological polar surface area (TPSA) is 59.1 Å². The molecule has 2 bridgehead atoms. The Morgan fingerprint density at radius 2 is 1.74 bits per heavy atom. The van der Waals surface area contributed by atoms with E-state index < -0.39 is 5.72 Å². The number of fused-ring (bicyclic) bond motifs is 4. The Hall–Kier alpha value is -4.58. The lowest BCUT2D eigenvalue weighted by Crippen LogP contribution is -2.60. The molecule has 42 heavy (non-hydrogen) atoms. The predicted octanol–water partition coefficient (Wildman–Crippen LogP) is 6.91. The molecule has 0 aromatic heterocycles. The van der Waals surface area contributed by atoms with Crippen LogP contribution in [0.15, 0.2) is 97.1 Å². The van der Waals surface area contributed by atoms with Gasteiger partial charge in [0.25, 0.3) is 5.91 Å². The molecule has 0 saturated carbocycles. The van der Waals surface area contributed by atoms with Crippen LogP contribution >= 0.6 is 0 Å². The van der Waals surface area contributed by atoms with Crippen LogP contribution in [0, 0.1) is 6.92 Å². The molecule has 0 N–H and O–H groups in total. The van der Waals surface area contributed by atoms with E-state index in [4.69, 9.17) is 9.47 Å². The molecule has 6 heteroatoms. The van der Waals surface area contributed by atoms with Crippen LogP contribution in [0.3, 0.4) is 0 Å². The van der Waals surface area contributed by atoms with Gasteiger partial charge >= 0.3 is 0 Å². The average molecular weight is 561 g/mol. The summed E-state index contributed by atoms with van der Waals surface area (Å²) in [6.07, 6.45) is 1.79. The van der Waals surface area contributed by atoms with E-state index in [1.807, 2.05) is 80.7 Å². The van der Waals surface area contributed by atoms with E-state index in [0.29, 0.717) is 48.7 Å². The van der Waals surface area contributed by atoms with Crippen molar-refractivity contribution in [1.82, 2.24) is 4.90 Å². The predicted molar refractivity (Wildman–Crippen MR) is 164 cm³/mol. The summed E-state index contributed by atoms with van der Waals surface area (Å²) in [5, 5.41) is 0. The van der Waals surface area contributed by atoms with Crippen LogP contribution in [0.2, 0.25) is 0 Å². The van der Waals surface area contributed by atoms with Gasteiger partial charge in [-0.05, 0) is 55.7 Å². The number of likely N-dealkylation sites (N-methyl/N-ethyl adjacent to an activating group) is 1. The molecule has 2 aliphatic rings. The number of ether oxygens (including phenoxy) is 2. The van der Waals surface area contributed by atoms with Crippen molar-refractivity contribution in [3.05, 3.63) is 125 Å². The fourth-order valence-electron chi connectivity index (χ4n) is 6.09. The van der Waals surface area contributed by atoms with Gasteiger partial charge in [0.05, 0.1) is 0 Å². The number of hydrogen-bond donors (Lipinski definition) is 0. The molecule has 1 saturated heterocycles. The maximum atomic E-state index is 13.6. The first-order chi connectivity index (χ1) is 20.3. The van der Waals surface area contributed by atoms with Gasteiger partial charge in [0.1, 0.15) is 6.61 Å². The second-order valence-electron chi connectivity index (χ2n) is 11.6. The van der Waals surface area contributed by atoms with E-state index in [0.717, 1.165) is 17.5 Å². The zero-order valence-electron chi connectivity index (χ0n) is 24.4. The highest BCUT2D eigenvalue weighted by Gasteiger charge is 2.50. The molecule has 2 unspecified atom stereocenters. The van der Waals surface area contributed by atoms with Gasteiger partial charge in [0, 0.05) is 49.2 Å². The Bertz CT molecular complexity index is 1600. The van der Waals surface area contributed by atoms with Gasteiger partial charge in [-0.3, -0.25) is 14.5 Å². The molecule has 1 fully saturated rings. The summed E-state index contributed by atoms with van der Waals surface area (Å²) in [7, 11) is 1.82. The number of rotatable bonds is 8. The van der Waals surface area contributed by atoms with Crippen molar-refractivity contribution in [2.24, 2.45) is 0 Å². The van der Waals surface area contributed by atoms with E-state index in [9.17, 15) is 9.59 Å². The standard InChI is InChI=1S/C36H36N2O4/c1-25-15-17-26(18-16-25)19-20-37(3)35(40)28-11-7-12-30(21-28)38-33(39)22-29-23-36(38,2)42-34-31(29)13-8-14-32(34)41-24-27-9-5-4-6-10-27/h4-18,21,29H,19-20,22-24H2,1-3H3. The summed E-state index contributed by atoms with van der Waals surface area (Å²) in [5.41, 5.74) is 4.76. The number of aryl methyl sites for hydroxylation is 1. The molecule has 2 atom stereocenters. The molecule has 4 aromatic carbocycles. The molecular weight excluding hydrogens is 524 g/mol. The van der Waals surface area contributed by atoms with Crippen LogP contribution in [-0.4, -0.2) is 36.0 Å². The second-order valence-corrected chi connectivity index (χ2v) is 11.6. The normalized spacial score (nSPS) is 19.1. The van der Waals surface area contributed by atoms with Crippen molar-refractivity contribution < 1.29 is 19.1 Å². The fraction of sp³-hybridized carbons (Fsp3) is 0.278. The summed E-state index contributed by atoms with van der Waals surface area (Å²) < 4.78 is 12.9. The Balaban J connectivity index is 1.22. The third-order valence-electron chi connectivity index (χ3n) is 8.33. The molecule has 0 radical (unpaired) electrons. The van der Waals surface area contributed by atoms with Gasteiger partial charge in [-0.2, -0.15) is 0 Å². The summed E-state index contributed by atoms with van der Waals surface area (Å²) >= 11 is 0. The van der Waals surface area contributed by atoms with E-state index in [1.54, 1.807) is 15.9 Å². The van der Waals surface area contributed by atoms with Gasteiger partial charge in [0.2, 0.25) is 5.91 Å². The molecule has 6 nitrogen and oxygen atoms in total. The molecule has 2 amide bonds. The van der Waals surface area contributed by atoms with E-state index in [2.05, 4.69) is 31.2 Å². The molecule has 2 aliphatic heterocycles. The number of carbonyl (C=O) groups excluding carboxylic acids is 2. The summed E-state index contributed by atoms with van der Waals surface area (Å²) in [4.78, 5) is 30.5. The molecule has 0 aliphatic carbocycles. The highest BCUT2D eigenvalue weighted by atomic mass is 16.5. The van der Waals surface area contributed by atoms with Crippen molar-refractivity contribution in [3.8, 4) is 11.5 Å². The number of para-hydroxylation sites is 1. The van der Waals surface area contributed by atoms with Crippen molar-refractivity contribution in [2.75, 3.05) is 18.5 Å². The maximum Gasteiger partial charge on any atom is 0.253 e. The van der Waals surface area contributed by atoms with Crippen LogP contribution in [0.25, 0.3) is 0 Å². The van der Waals surface area contributed by atoms with E-state index >= 15 is 0 Å². The number of anilines is 1. The zero-order chi connectivity index (χ0) is 29.3. The highest BCUT2D eigenvalue weighted by Crippen LogP contribution is 2.52. The van der Waals surface area contributed by atoms with Crippen LogP contribution in [0.1, 0.15) is 58.3 Å². The largest absolute Gasteiger partial charge is 0.485 e. The number of benzene rings is 4. The lowest BCUT2D eigenvalue weighted by molar-refractivity contribution is -0.127. The quantitative estimate of drug-likeness (QED) is 0.235. The Morgan fingerprint density at radius 3 is 2.52 bits per heavy atom. The summed E-state index contributed by atoms with van der Waals surface area (Å²) in [6, 6.07) is 31.7. The Labute approximate surface area is 247 Å². The number of hydrogen-bond acceptors (Lipinski definition) is 4. The minimum Gasteiger partial charge on any atom is -0.485 e. The van der Waals surface area contributed by atoms with Gasteiger partial charge < -0.3 is 14.4 Å². The van der Waals surface area contributed by atoms with Crippen LogP contribution in [-0.2, 0) is 17.8 Å². The van der Waals surface area contributed by atoms with Crippen molar-refractivity contribution in [3.63, 3.8) is 0 Å². The Morgan fingerprint density at radius 1 is 0.976 bits per heavy atom. The summed E-state index contributed by atoms with van der Waals surface area (Å²) in [5.74, 6) is 1.28. The van der Waals surface area contributed by atoms with Gasteiger partial charge in [-0.1, -0.05) is 78.4 Å². The smallest absolute Gasteiger partial charge is 0.253 e. The lowest BCUT2D eigenvalue weighted by Gasteiger charge is -2.50. The number of amides is 2. The van der Waals surface area contributed by atoms with Crippen molar-refractivity contribution in [2.45, 2.75) is 51.4 Å². The molecular formula is C36H36N2O4. The first kappa shape index (κ1) is 27.6. The van der Waals surface area contributed by atoms with Crippen molar-refractivity contribution >= 4 is 17.5 Å². The van der Waals surface area contributed by atoms with E-state index in [-0.39, 0.29) is 17.7 Å². The fourth-order valence-corrected chi connectivity index (χ4v) is 6.09. The molecule has 214 valence electrons. The van der Waals surface area contributed by atoms with Crippen LogP contribution < -0.4 is 14.4 Å². The second kappa shape index (κ2) is 11.4. The number of piperidine rings is 1. The molecule has 4 aromatic rings. The highest BCUT2D eigenvalue weighted by molar-refractivity contribution is 5.99. The summed E-state index contributed by atoms with van der Waals surface area (Å²) in [6.45, 7) is 5.04. The first-order valence-corrected chi connectivity index (χ1v) is 14.5. The zero-order valence-corrected chi connectivity index (χ0v) is 24.4. The Kier molecular flexibility index (Phi) is 7.46. The van der Waals surface area contributed by atoms with Crippen molar-refractivity contribution in [1.29, 1.82) is 0 Å². The number of nitrogens with zero attached hydrogens (tertiary/aromatic N) is 2. The minimum atomic E-state index is -0.918. The van der Waals surface area contributed by atoms with Gasteiger partial charge in [-0.15, -0.1) is 0 Å². The third kappa shape index (κ3) is 5.49. The number of carbonyl (C=O) groups is 2. The van der Waals surface area contributed by atoms with E-state index in [1.165, 1.54) is 11.1 Å². The molecule has 2 heterocycles. The van der Waals surface area contributed by atoms with Crippen LogP contribution in [0.5, 0.6) is 11.5 Å². The molecule has 6 rings (SSSR count). The maximum absolute atomic E-state index is 13.6. The minimum absolute atomic E-state index is 0.0210. The lowest BCUT2D eigenvalue weighted by atomic mass is 9.80. The monoisotopic (exact) mass is 560 g/mol.